The molecule has 0 saturated carbocycles. The van der Waals surface area contributed by atoms with Gasteiger partial charge in [0.25, 0.3) is 0 Å². The molecule has 0 spiro atoms. The molecule has 9 heteroatoms. The standard InChI is InChI=1S/C23H23FN4O4/c1-32-15-6-4-14(5-7-15)28-11-17(23(30)31)20(29)16-9-18(24)22(26-21(16)28)27-10-13-3-2-8-25-19(13)12-27/h4-7,9,11,13,19,25H,2-3,8,10,12H2,1H3,(H,30,31). The molecule has 2 unspecified atom stereocenters. The van der Waals surface area contributed by atoms with Crippen molar-refractivity contribution in [1.82, 2.24) is 14.9 Å². The van der Waals surface area contributed by atoms with Gasteiger partial charge < -0.3 is 24.6 Å². The van der Waals surface area contributed by atoms with Gasteiger partial charge in [0.2, 0.25) is 5.43 Å². The summed E-state index contributed by atoms with van der Waals surface area (Å²) in [5.74, 6) is -0.767. The van der Waals surface area contributed by atoms with Crippen LogP contribution in [0.15, 0.2) is 41.3 Å². The Labute approximate surface area is 183 Å². The number of carbonyl (C=O) groups is 1. The van der Waals surface area contributed by atoms with E-state index in [1.165, 1.54) is 10.8 Å². The molecule has 2 atom stereocenters. The third kappa shape index (κ3) is 3.38. The first-order chi connectivity index (χ1) is 15.5. The summed E-state index contributed by atoms with van der Waals surface area (Å²) in [7, 11) is 1.55. The average Bonchev–Trinajstić information content (AvgIpc) is 3.23. The molecule has 166 valence electrons. The normalized spacial score (nSPS) is 20.4. The van der Waals surface area contributed by atoms with Gasteiger partial charge in [-0.25, -0.2) is 14.2 Å². The van der Waals surface area contributed by atoms with E-state index in [4.69, 9.17) is 4.74 Å². The van der Waals surface area contributed by atoms with Gasteiger partial charge in [-0.2, -0.15) is 0 Å². The Morgan fingerprint density at radius 3 is 2.75 bits per heavy atom. The molecule has 5 rings (SSSR count). The minimum atomic E-state index is -1.38. The molecule has 32 heavy (non-hydrogen) atoms. The molecule has 2 fully saturated rings. The van der Waals surface area contributed by atoms with Crippen LogP contribution in [0.5, 0.6) is 5.75 Å². The lowest BCUT2D eigenvalue weighted by atomic mass is 9.94. The van der Waals surface area contributed by atoms with Crippen LogP contribution in [0.4, 0.5) is 10.2 Å². The van der Waals surface area contributed by atoms with Gasteiger partial charge in [0, 0.05) is 31.0 Å². The molecule has 0 aliphatic carbocycles. The van der Waals surface area contributed by atoms with Crippen LogP contribution >= 0.6 is 0 Å². The summed E-state index contributed by atoms with van der Waals surface area (Å²) in [6.07, 6.45) is 3.42. The second kappa shape index (κ2) is 7.90. The van der Waals surface area contributed by atoms with Crippen molar-refractivity contribution >= 4 is 22.8 Å². The van der Waals surface area contributed by atoms with Crippen molar-refractivity contribution in [2.24, 2.45) is 5.92 Å². The minimum Gasteiger partial charge on any atom is -0.497 e. The second-order valence-corrected chi connectivity index (χ2v) is 8.28. The number of rotatable bonds is 4. The highest BCUT2D eigenvalue weighted by Gasteiger charge is 2.36. The van der Waals surface area contributed by atoms with Crippen LogP contribution in [0.25, 0.3) is 16.7 Å². The number of carboxylic acids is 1. The Hall–Kier alpha value is -3.46. The number of nitrogens with zero attached hydrogens (tertiary/aromatic N) is 3. The summed E-state index contributed by atoms with van der Waals surface area (Å²) in [4.78, 5) is 31.0. The summed E-state index contributed by atoms with van der Waals surface area (Å²) in [6.45, 7) is 2.28. The Balaban J connectivity index is 1.68. The number of ether oxygens (including phenoxy) is 1. The quantitative estimate of drug-likeness (QED) is 0.646. The number of carboxylic acid groups (broad SMARTS) is 1. The van der Waals surface area contributed by atoms with Gasteiger partial charge >= 0.3 is 5.97 Å². The molecule has 8 nitrogen and oxygen atoms in total. The van der Waals surface area contributed by atoms with Crippen LogP contribution in [0.2, 0.25) is 0 Å². The number of piperidine rings is 1. The molecule has 0 amide bonds. The van der Waals surface area contributed by atoms with Gasteiger partial charge in [-0.3, -0.25) is 4.79 Å². The molecule has 1 aromatic carbocycles. The molecule has 4 heterocycles. The van der Waals surface area contributed by atoms with Crippen molar-refractivity contribution < 1.29 is 19.0 Å². The lowest BCUT2D eigenvalue weighted by molar-refractivity contribution is 0.0695. The van der Waals surface area contributed by atoms with Crippen LogP contribution in [0.3, 0.4) is 0 Å². The van der Waals surface area contributed by atoms with Gasteiger partial charge in [0.1, 0.15) is 11.3 Å². The molecule has 2 saturated heterocycles. The first kappa shape index (κ1) is 20.4. The highest BCUT2D eigenvalue weighted by molar-refractivity contribution is 5.92. The number of pyridine rings is 2. The number of hydrogen-bond donors (Lipinski definition) is 2. The molecule has 3 aromatic rings. The highest BCUT2D eigenvalue weighted by Crippen LogP contribution is 2.31. The Kier molecular flexibility index (Phi) is 5.05. The first-order valence-electron chi connectivity index (χ1n) is 10.6. The second-order valence-electron chi connectivity index (χ2n) is 8.28. The number of benzene rings is 1. The number of nitrogens with one attached hydrogen (secondary N) is 1. The number of aromatic nitrogens is 2. The van der Waals surface area contributed by atoms with E-state index < -0.39 is 22.8 Å². The predicted molar refractivity (Wildman–Crippen MR) is 118 cm³/mol. The molecule has 0 bridgehead atoms. The smallest absolute Gasteiger partial charge is 0.341 e. The van der Waals surface area contributed by atoms with Crippen molar-refractivity contribution in [3.63, 3.8) is 0 Å². The van der Waals surface area contributed by atoms with E-state index in [1.807, 2.05) is 4.90 Å². The van der Waals surface area contributed by atoms with Crippen molar-refractivity contribution in [3.05, 3.63) is 58.1 Å². The maximum atomic E-state index is 15.2. The van der Waals surface area contributed by atoms with Gasteiger partial charge in [-0.05, 0) is 55.6 Å². The van der Waals surface area contributed by atoms with Gasteiger partial charge in [-0.15, -0.1) is 0 Å². The number of aromatic carboxylic acids is 1. The largest absolute Gasteiger partial charge is 0.497 e. The number of hydrogen-bond acceptors (Lipinski definition) is 6. The van der Waals surface area contributed by atoms with Crippen LogP contribution in [-0.4, -0.2) is 53.4 Å². The van der Waals surface area contributed by atoms with Gasteiger partial charge in [0.05, 0.1) is 12.5 Å². The Morgan fingerprint density at radius 1 is 1.28 bits per heavy atom. The third-order valence-corrected chi connectivity index (χ3v) is 6.39. The van der Waals surface area contributed by atoms with Gasteiger partial charge in [-0.1, -0.05) is 0 Å². The molecule has 0 radical (unpaired) electrons. The fourth-order valence-electron chi connectivity index (χ4n) is 4.75. The maximum absolute atomic E-state index is 15.2. The zero-order chi connectivity index (χ0) is 22.4. The summed E-state index contributed by atoms with van der Waals surface area (Å²) in [6, 6.07) is 8.31. The van der Waals surface area contributed by atoms with E-state index >= 15 is 4.39 Å². The number of methoxy groups -OCH3 is 1. The first-order valence-corrected chi connectivity index (χ1v) is 10.6. The molecular weight excluding hydrogens is 415 g/mol. The summed E-state index contributed by atoms with van der Waals surface area (Å²) < 4.78 is 21.9. The molecule has 2 aliphatic heterocycles. The predicted octanol–water partition coefficient (Wildman–Crippen LogP) is 2.42. The van der Waals surface area contributed by atoms with Crippen LogP contribution < -0.4 is 20.4 Å². The summed E-state index contributed by atoms with van der Waals surface area (Å²) >= 11 is 0. The maximum Gasteiger partial charge on any atom is 0.341 e. The number of halogens is 1. The zero-order valence-corrected chi connectivity index (χ0v) is 17.5. The van der Waals surface area contributed by atoms with E-state index in [-0.39, 0.29) is 16.9 Å². The van der Waals surface area contributed by atoms with Crippen molar-refractivity contribution in [2.75, 3.05) is 31.6 Å². The SMILES string of the molecule is COc1ccc(-n2cc(C(=O)O)c(=O)c3cc(F)c(N4CC5CCCNC5C4)nc32)cc1. The van der Waals surface area contributed by atoms with Crippen LogP contribution in [0.1, 0.15) is 23.2 Å². The van der Waals surface area contributed by atoms with E-state index in [0.717, 1.165) is 25.5 Å². The lowest BCUT2D eigenvalue weighted by Crippen LogP contribution is -2.40. The lowest BCUT2D eigenvalue weighted by Gasteiger charge is -2.24. The Bertz CT molecular complexity index is 1240. The third-order valence-electron chi connectivity index (χ3n) is 6.39. The highest BCUT2D eigenvalue weighted by atomic mass is 19.1. The molecule has 2 aromatic heterocycles. The minimum absolute atomic E-state index is 0.0725. The Morgan fingerprint density at radius 2 is 2.06 bits per heavy atom. The number of anilines is 1. The van der Waals surface area contributed by atoms with Crippen LogP contribution in [-0.2, 0) is 0 Å². The van der Waals surface area contributed by atoms with Crippen molar-refractivity contribution in [1.29, 1.82) is 0 Å². The summed E-state index contributed by atoms with van der Waals surface area (Å²) in [5, 5.41) is 12.9. The van der Waals surface area contributed by atoms with Crippen molar-refractivity contribution in [2.45, 2.75) is 18.9 Å². The average molecular weight is 438 g/mol. The topological polar surface area (TPSA) is 96.7 Å². The van der Waals surface area contributed by atoms with Gasteiger partial charge in [0.15, 0.2) is 17.3 Å². The fraction of sp³-hybridized carbons (Fsp3) is 0.348. The van der Waals surface area contributed by atoms with E-state index in [0.29, 0.717) is 36.5 Å². The van der Waals surface area contributed by atoms with E-state index in [1.54, 1.807) is 31.4 Å². The summed E-state index contributed by atoms with van der Waals surface area (Å²) in [5.41, 5.74) is -0.407. The van der Waals surface area contributed by atoms with Crippen molar-refractivity contribution in [3.8, 4) is 11.4 Å². The van der Waals surface area contributed by atoms with E-state index in [2.05, 4.69) is 10.3 Å². The molecule has 2 aliphatic rings. The number of fused-ring (bicyclic) bond motifs is 2. The monoisotopic (exact) mass is 438 g/mol. The van der Waals surface area contributed by atoms with Crippen LogP contribution in [0, 0.1) is 11.7 Å². The fourth-order valence-corrected chi connectivity index (χ4v) is 4.75. The molecular formula is C23H23FN4O4. The van der Waals surface area contributed by atoms with E-state index in [9.17, 15) is 14.7 Å². The molecule has 2 N–H and O–H groups in total. The zero-order valence-electron chi connectivity index (χ0n) is 17.5.